The summed E-state index contributed by atoms with van der Waals surface area (Å²) in [6.45, 7) is 0. The minimum atomic E-state index is -1.38. The fraction of sp³-hybridized carbons (Fsp3) is 0.125. The lowest BCUT2D eigenvalue weighted by Crippen LogP contribution is -2.43. The summed E-state index contributed by atoms with van der Waals surface area (Å²) in [5, 5.41) is 0.865. The summed E-state index contributed by atoms with van der Waals surface area (Å²) in [5.41, 5.74) is 3.21. The van der Waals surface area contributed by atoms with Crippen molar-refractivity contribution in [3.63, 3.8) is 0 Å². The molecule has 5 heteroatoms. The molecule has 3 amide bonds. The molecule has 144 valence electrons. The van der Waals surface area contributed by atoms with Gasteiger partial charge < -0.3 is 0 Å². The van der Waals surface area contributed by atoms with E-state index in [1.54, 1.807) is 30.3 Å². The zero-order valence-electron chi connectivity index (χ0n) is 15.7. The number of carbonyl (C=O) groups is 3. The Balaban J connectivity index is 1.72. The van der Waals surface area contributed by atoms with Gasteiger partial charge in [0.2, 0.25) is 0 Å². The monoisotopic (exact) mass is 384 g/mol. The first kappa shape index (κ1) is 18.6. The maximum atomic E-state index is 13.5. The summed E-state index contributed by atoms with van der Waals surface area (Å²) >= 11 is 0. The van der Waals surface area contributed by atoms with Crippen molar-refractivity contribution >= 4 is 17.7 Å². The summed E-state index contributed by atoms with van der Waals surface area (Å²) in [5.74, 6) is -1.52. The molecular weight excluding hydrogens is 364 g/mol. The summed E-state index contributed by atoms with van der Waals surface area (Å²) in [6.07, 6.45) is 0.429. The lowest BCUT2D eigenvalue weighted by atomic mass is 9.75. The van der Waals surface area contributed by atoms with Crippen LogP contribution in [0.15, 0.2) is 91.0 Å². The fourth-order valence-corrected chi connectivity index (χ4v) is 3.69. The zero-order chi connectivity index (χ0) is 20.3. The first-order valence-corrected chi connectivity index (χ1v) is 9.43. The van der Waals surface area contributed by atoms with Crippen LogP contribution in [0.1, 0.15) is 21.5 Å². The van der Waals surface area contributed by atoms with Crippen LogP contribution >= 0.6 is 0 Å². The van der Waals surface area contributed by atoms with Crippen LogP contribution in [0, 0.1) is 5.41 Å². The average molecular weight is 384 g/mol. The Morgan fingerprint density at radius 2 is 1.17 bits per heavy atom. The summed E-state index contributed by atoms with van der Waals surface area (Å²) in [7, 11) is 0. The molecule has 29 heavy (non-hydrogen) atoms. The molecule has 0 unspecified atom stereocenters. The van der Waals surface area contributed by atoms with Crippen LogP contribution in [0.4, 0.5) is 0 Å². The van der Waals surface area contributed by atoms with Crippen LogP contribution in [-0.2, 0) is 22.4 Å². The van der Waals surface area contributed by atoms with E-state index in [1.165, 1.54) is 0 Å². The van der Waals surface area contributed by atoms with Crippen molar-refractivity contribution in [1.82, 2.24) is 10.4 Å². The molecular formula is C24H20N2O3. The van der Waals surface area contributed by atoms with E-state index in [9.17, 15) is 14.4 Å². The fourth-order valence-electron chi connectivity index (χ4n) is 3.69. The van der Waals surface area contributed by atoms with E-state index in [2.05, 4.69) is 5.43 Å². The largest absolute Gasteiger partial charge is 0.279 e. The van der Waals surface area contributed by atoms with Crippen LogP contribution in [0.3, 0.4) is 0 Å². The van der Waals surface area contributed by atoms with Gasteiger partial charge in [0.1, 0.15) is 5.41 Å². The van der Waals surface area contributed by atoms with Crippen molar-refractivity contribution < 1.29 is 14.4 Å². The highest BCUT2D eigenvalue weighted by atomic mass is 16.2. The lowest BCUT2D eigenvalue weighted by Gasteiger charge is -2.24. The number of hydrogen-bond donors (Lipinski definition) is 1. The minimum absolute atomic E-state index is 0.214. The molecule has 1 aliphatic heterocycles. The third kappa shape index (κ3) is 3.55. The van der Waals surface area contributed by atoms with Crippen LogP contribution < -0.4 is 5.43 Å². The molecule has 0 spiro atoms. The smallest absolute Gasteiger partial charge is 0.272 e. The second-order valence-corrected chi connectivity index (χ2v) is 7.16. The van der Waals surface area contributed by atoms with Crippen LogP contribution in [0.5, 0.6) is 0 Å². The molecule has 5 nitrogen and oxygen atoms in total. The molecule has 0 saturated carbocycles. The number of rotatable bonds is 5. The van der Waals surface area contributed by atoms with Gasteiger partial charge in [0.25, 0.3) is 17.7 Å². The standard InChI is InChI=1S/C24H20N2O3/c27-21(20-14-8-3-9-15-20)26-23(29)24(22(28)25-26,16-18-10-4-1-5-11-18)17-19-12-6-2-7-13-19/h1-15H,16-17H2,(H,25,28). The highest BCUT2D eigenvalue weighted by Gasteiger charge is 2.56. The molecule has 1 fully saturated rings. The Bertz CT molecular complexity index is 992. The number of imide groups is 1. The van der Waals surface area contributed by atoms with Gasteiger partial charge in [-0.05, 0) is 36.1 Å². The van der Waals surface area contributed by atoms with Gasteiger partial charge in [-0.1, -0.05) is 78.9 Å². The van der Waals surface area contributed by atoms with Crippen molar-refractivity contribution in [3.8, 4) is 0 Å². The Morgan fingerprint density at radius 3 is 1.66 bits per heavy atom. The Morgan fingerprint density at radius 1 is 0.724 bits per heavy atom. The molecule has 1 N–H and O–H groups in total. The van der Waals surface area contributed by atoms with Crippen molar-refractivity contribution in [2.75, 3.05) is 0 Å². The molecule has 0 aromatic heterocycles. The van der Waals surface area contributed by atoms with Crippen molar-refractivity contribution in [2.24, 2.45) is 5.41 Å². The van der Waals surface area contributed by atoms with Crippen molar-refractivity contribution in [1.29, 1.82) is 0 Å². The quantitative estimate of drug-likeness (QED) is 0.543. The Kier molecular flexibility index (Phi) is 4.96. The Hall–Kier alpha value is -3.73. The molecule has 0 bridgehead atoms. The number of hydrogen-bond acceptors (Lipinski definition) is 3. The van der Waals surface area contributed by atoms with Gasteiger partial charge in [0.05, 0.1) is 0 Å². The predicted octanol–water partition coefficient (Wildman–Crippen LogP) is 3.17. The number of carbonyl (C=O) groups excluding carboxylic acids is 3. The number of hydrazine groups is 1. The van der Waals surface area contributed by atoms with Gasteiger partial charge in [-0.2, -0.15) is 5.01 Å². The maximum absolute atomic E-state index is 13.5. The molecule has 1 aliphatic rings. The van der Waals surface area contributed by atoms with E-state index in [4.69, 9.17) is 0 Å². The van der Waals surface area contributed by atoms with Gasteiger partial charge in [-0.15, -0.1) is 0 Å². The highest BCUT2D eigenvalue weighted by molar-refractivity contribution is 6.18. The Labute approximate surface area is 168 Å². The van der Waals surface area contributed by atoms with E-state index in [-0.39, 0.29) is 12.8 Å². The number of benzene rings is 3. The lowest BCUT2D eigenvalue weighted by molar-refractivity contribution is -0.138. The van der Waals surface area contributed by atoms with E-state index in [0.29, 0.717) is 5.56 Å². The SMILES string of the molecule is O=C(c1ccccc1)N1NC(=O)C(Cc2ccccc2)(Cc2ccccc2)C1=O. The first-order valence-electron chi connectivity index (χ1n) is 9.43. The first-order chi connectivity index (χ1) is 14.1. The van der Waals surface area contributed by atoms with Crippen LogP contribution in [0.25, 0.3) is 0 Å². The molecule has 0 aliphatic carbocycles. The maximum Gasteiger partial charge on any atom is 0.279 e. The third-order valence-electron chi connectivity index (χ3n) is 5.18. The van der Waals surface area contributed by atoms with Crippen molar-refractivity contribution in [3.05, 3.63) is 108 Å². The van der Waals surface area contributed by atoms with Gasteiger partial charge >= 0.3 is 0 Å². The third-order valence-corrected chi connectivity index (χ3v) is 5.18. The van der Waals surface area contributed by atoms with Gasteiger partial charge in [0.15, 0.2) is 0 Å². The molecule has 4 rings (SSSR count). The molecule has 3 aromatic carbocycles. The molecule has 0 radical (unpaired) electrons. The zero-order valence-corrected chi connectivity index (χ0v) is 15.7. The second-order valence-electron chi connectivity index (χ2n) is 7.16. The number of nitrogens with zero attached hydrogens (tertiary/aromatic N) is 1. The number of amides is 3. The van der Waals surface area contributed by atoms with Gasteiger partial charge in [0, 0.05) is 5.56 Å². The van der Waals surface area contributed by atoms with Gasteiger partial charge in [-0.3, -0.25) is 19.8 Å². The molecule has 1 saturated heterocycles. The predicted molar refractivity (Wildman–Crippen MR) is 108 cm³/mol. The summed E-state index contributed by atoms with van der Waals surface area (Å²) in [6, 6.07) is 27.3. The van der Waals surface area contributed by atoms with Crippen LogP contribution in [-0.4, -0.2) is 22.7 Å². The highest BCUT2D eigenvalue weighted by Crippen LogP contribution is 2.35. The molecule has 0 atom stereocenters. The van der Waals surface area contributed by atoms with E-state index >= 15 is 0 Å². The second kappa shape index (κ2) is 7.72. The minimum Gasteiger partial charge on any atom is -0.272 e. The van der Waals surface area contributed by atoms with Crippen LogP contribution in [0.2, 0.25) is 0 Å². The summed E-state index contributed by atoms with van der Waals surface area (Å²) in [4.78, 5) is 39.5. The van der Waals surface area contributed by atoms with Gasteiger partial charge in [-0.25, -0.2) is 0 Å². The summed E-state index contributed by atoms with van der Waals surface area (Å²) < 4.78 is 0. The molecule has 1 heterocycles. The molecule has 3 aromatic rings. The average Bonchev–Trinajstić information content (AvgIpc) is 3.00. The van der Waals surface area contributed by atoms with Crippen molar-refractivity contribution in [2.45, 2.75) is 12.8 Å². The number of nitrogens with one attached hydrogen (secondary N) is 1. The van der Waals surface area contributed by atoms with E-state index in [1.807, 2.05) is 60.7 Å². The van der Waals surface area contributed by atoms with E-state index < -0.39 is 23.1 Å². The normalized spacial score (nSPS) is 15.2. The topological polar surface area (TPSA) is 66.5 Å². The van der Waals surface area contributed by atoms with E-state index in [0.717, 1.165) is 16.1 Å².